The Balaban J connectivity index is 1.45. The minimum absolute atomic E-state index is 0.0937. The van der Waals surface area contributed by atoms with Gasteiger partial charge in [-0.15, -0.1) is 0 Å². The number of H-pyrrole nitrogens is 1. The van der Waals surface area contributed by atoms with Crippen molar-refractivity contribution in [3.8, 4) is 28.8 Å². The zero-order valence-electron chi connectivity index (χ0n) is 26.0. The van der Waals surface area contributed by atoms with Gasteiger partial charge < -0.3 is 24.4 Å². The summed E-state index contributed by atoms with van der Waals surface area (Å²) in [6.45, 7) is 9.54. The first-order chi connectivity index (χ1) is 22.4. The maximum atomic E-state index is 12.4. The van der Waals surface area contributed by atoms with Crippen molar-refractivity contribution in [2.75, 3.05) is 44.7 Å². The van der Waals surface area contributed by atoms with Crippen LogP contribution in [0.15, 0.2) is 78.1 Å². The number of hydrogen-bond donors (Lipinski definition) is 1. The fraction of sp³-hybridized carbons (Fsp3) is 0.243. The van der Waals surface area contributed by atoms with Crippen molar-refractivity contribution in [3.63, 3.8) is 0 Å². The van der Waals surface area contributed by atoms with Crippen molar-refractivity contribution in [1.82, 2.24) is 19.8 Å². The first-order valence-corrected chi connectivity index (χ1v) is 15.5. The van der Waals surface area contributed by atoms with Gasteiger partial charge in [-0.3, -0.25) is 9.59 Å². The van der Waals surface area contributed by atoms with E-state index in [1.165, 1.54) is 23.3 Å². The molecule has 2 aliphatic rings. The van der Waals surface area contributed by atoms with Crippen molar-refractivity contribution >= 4 is 33.4 Å². The number of anilines is 1. The molecule has 4 heterocycles. The molecular formula is C37H34N6O3. The highest BCUT2D eigenvalue weighted by Crippen LogP contribution is 2.43. The Hall–Kier alpha value is -5.46. The quantitative estimate of drug-likeness (QED) is 0.261. The molecule has 0 unspecified atom stereocenters. The van der Waals surface area contributed by atoms with Gasteiger partial charge in [0.05, 0.1) is 16.9 Å². The Labute approximate surface area is 266 Å². The molecule has 9 heteroatoms. The average Bonchev–Trinajstić information content (AvgIpc) is 3.08. The number of benzene rings is 3. The van der Waals surface area contributed by atoms with Gasteiger partial charge in [0.1, 0.15) is 22.9 Å². The molecule has 1 N–H and O–H groups in total. The van der Waals surface area contributed by atoms with Crippen molar-refractivity contribution in [1.29, 1.82) is 5.26 Å². The van der Waals surface area contributed by atoms with Crippen molar-refractivity contribution in [2.24, 2.45) is 0 Å². The van der Waals surface area contributed by atoms with Crippen LogP contribution in [0.4, 0.5) is 5.69 Å². The number of carbonyl (C=O) groups excluding carboxylic acids is 1. The molecule has 1 saturated heterocycles. The summed E-state index contributed by atoms with van der Waals surface area (Å²) in [4.78, 5) is 38.9. The number of nitriles is 1. The number of likely N-dealkylation sites (N-methyl/N-ethyl adjacent to an activating group) is 1. The van der Waals surface area contributed by atoms with Crippen LogP contribution < -0.4 is 15.2 Å². The number of hydrogen-bond acceptors (Lipinski definition) is 7. The van der Waals surface area contributed by atoms with Crippen molar-refractivity contribution in [2.45, 2.75) is 19.9 Å². The number of fused-ring (bicyclic) bond motifs is 3. The van der Waals surface area contributed by atoms with Crippen LogP contribution in [0.25, 0.3) is 33.1 Å². The Morgan fingerprint density at radius 1 is 1.02 bits per heavy atom. The number of aryl methyl sites for hydroxylation is 1. The zero-order valence-corrected chi connectivity index (χ0v) is 26.0. The van der Waals surface area contributed by atoms with E-state index in [2.05, 4.69) is 46.6 Å². The van der Waals surface area contributed by atoms with Gasteiger partial charge in [0.25, 0.3) is 0 Å². The van der Waals surface area contributed by atoms with E-state index in [-0.39, 0.29) is 11.5 Å². The molecule has 0 spiro atoms. The third-order valence-corrected chi connectivity index (χ3v) is 9.12. The van der Waals surface area contributed by atoms with Crippen LogP contribution in [0.3, 0.4) is 0 Å². The minimum Gasteiger partial charge on any atom is -0.454 e. The van der Waals surface area contributed by atoms with E-state index in [1.807, 2.05) is 43.3 Å². The zero-order chi connectivity index (χ0) is 31.9. The van der Waals surface area contributed by atoms with Crippen molar-refractivity contribution < 1.29 is 9.53 Å². The fourth-order valence-electron chi connectivity index (χ4n) is 6.77. The van der Waals surface area contributed by atoms with Crippen LogP contribution in [-0.4, -0.2) is 65.4 Å². The number of piperazine rings is 1. The number of carbonyl (C=O) groups is 1. The highest BCUT2D eigenvalue weighted by Gasteiger charge is 2.28. The summed E-state index contributed by atoms with van der Waals surface area (Å²) < 4.78 is 6.72. The van der Waals surface area contributed by atoms with Crippen LogP contribution in [-0.2, 0) is 17.8 Å². The maximum Gasteiger partial charge on any atom is 0.248 e. The molecule has 0 atom stereocenters. The first-order valence-electron chi connectivity index (χ1n) is 15.5. The Morgan fingerprint density at radius 2 is 1.83 bits per heavy atom. The number of nitrogens with one attached hydrogen (secondary N) is 1. The third-order valence-electron chi connectivity index (χ3n) is 9.12. The van der Waals surface area contributed by atoms with Crippen LogP contribution >= 0.6 is 0 Å². The predicted octanol–water partition coefficient (Wildman–Crippen LogP) is 5.54. The van der Waals surface area contributed by atoms with Gasteiger partial charge in [0, 0.05) is 61.7 Å². The van der Waals surface area contributed by atoms with Gasteiger partial charge in [-0.1, -0.05) is 43.0 Å². The number of rotatable bonds is 5. The largest absolute Gasteiger partial charge is 0.454 e. The molecule has 0 radical (unpaired) electrons. The molecular weight excluding hydrogens is 576 g/mol. The van der Waals surface area contributed by atoms with E-state index in [4.69, 9.17) is 9.72 Å². The molecule has 7 rings (SSSR count). The highest BCUT2D eigenvalue weighted by atomic mass is 16.5. The predicted molar refractivity (Wildman–Crippen MR) is 180 cm³/mol. The molecule has 0 saturated carbocycles. The third kappa shape index (κ3) is 5.07. The van der Waals surface area contributed by atoms with Crippen LogP contribution in [0.2, 0.25) is 0 Å². The molecule has 230 valence electrons. The van der Waals surface area contributed by atoms with Gasteiger partial charge in [0.15, 0.2) is 5.75 Å². The van der Waals surface area contributed by atoms with E-state index >= 15 is 0 Å². The second kappa shape index (κ2) is 11.8. The average molecular weight is 611 g/mol. The second-order valence-electron chi connectivity index (χ2n) is 12.0. The summed E-state index contributed by atoms with van der Waals surface area (Å²) in [5.74, 6) is 1.09. The summed E-state index contributed by atoms with van der Waals surface area (Å²) in [6.07, 6.45) is 2.20. The molecule has 0 aliphatic carbocycles. The maximum absolute atomic E-state index is 12.4. The molecule has 2 aliphatic heterocycles. The van der Waals surface area contributed by atoms with E-state index in [9.17, 15) is 14.9 Å². The molecule has 2 aromatic heterocycles. The number of aromatic nitrogens is 2. The lowest BCUT2D eigenvalue weighted by Crippen LogP contribution is -2.48. The molecule has 1 amide bonds. The molecule has 1 fully saturated rings. The van der Waals surface area contributed by atoms with E-state index < -0.39 is 0 Å². The molecule has 0 bridgehead atoms. The summed E-state index contributed by atoms with van der Waals surface area (Å²) in [6, 6.07) is 21.7. The van der Waals surface area contributed by atoms with Gasteiger partial charge in [0.2, 0.25) is 11.5 Å². The van der Waals surface area contributed by atoms with Gasteiger partial charge >= 0.3 is 0 Å². The standard InChI is InChI=1S/C37H34N6O3/c1-4-33(45)42-17-19-43(20-18-42)36-28-9-6-10-31(46-37-23(2)11-13-30-27(37)12-14-32(44)39-30)35(28)40-34(29(36)21-38)26-8-5-7-24-22-41(3)16-15-25(24)26/h4-14H,1,15-20,22H2,2-3H3,(H,39,44). The summed E-state index contributed by atoms with van der Waals surface area (Å²) in [5.41, 5.74) is 7.40. The molecule has 5 aromatic rings. The van der Waals surface area contributed by atoms with Gasteiger partial charge in [-0.25, -0.2) is 4.98 Å². The van der Waals surface area contributed by atoms with E-state index in [0.717, 1.165) is 47.1 Å². The number of para-hydroxylation sites is 1. The fourth-order valence-corrected chi connectivity index (χ4v) is 6.77. The highest BCUT2D eigenvalue weighted by molar-refractivity contribution is 6.02. The van der Waals surface area contributed by atoms with E-state index in [0.29, 0.717) is 60.0 Å². The Morgan fingerprint density at radius 3 is 2.61 bits per heavy atom. The van der Waals surface area contributed by atoms with Crippen molar-refractivity contribution in [3.05, 3.63) is 106 Å². The molecule has 3 aromatic carbocycles. The lowest BCUT2D eigenvalue weighted by atomic mass is 9.90. The number of aromatic amines is 1. The topological polar surface area (TPSA) is 106 Å². The summed E-state index contributed by atoms with van der Waals surface area (Å²) in [5, 5.41) is 12.4. The number of nitrogens with zero attached hydrogens (tertiary/aromatic N) is 5. The molecule has 46 heavy (non-hydrogen) atoms. The second-order valence-corrected chi connectivity index (χ2v) is 12.0. The van der Waals surface area contributed by atoms with E-state index in [1.54, 1.807) is 11.0 Å². The summed E-state index contributed by atoms with van der Waals surface area (Å²) >= 11 is 0. The lowest BCUT2D eigenvalue weighted by molar-refractivity contribution is -0.126. The SMILES string of the molecule is C=CC(=O)N1CCN(c2c(C#N)c(-c3cccc4c3CCN(C)C4)nc3c(Oc4c(C)ccc5[nH]c(=O)ccc45)cccc23)CC1. The van der Waals surface area contributed by atoms with Crippen LogP contribution in [0, 0.1) is 18.3 Å². The normalized spacial score (nSPS) is 15.1. The van der Waals surface area contributed by atoms with Crippen LogP contribution in [0.5, 0.6) is 11.5 Å². The lowest BCUT2D eigenvalue weighted by Gasteiger charge is -2.37. The number of amides is 1. The number of ether oxygens (including phenoxy) is 1. The summed E-state index contributed by atoms with van der Waals surface area (Å²) in [7, 11) is 2.12. The number of pyridine rings is 2. The first kappa shape index (κ1) is 29.3. The molecule has 9 nitrogen and oxygen atoms in total. The van der Waals surface area contributed by atoms with Crippen LogP contribution in [0.1, 0.15) is 22.3 Å². The minimum atomic E-state index is -0.181. The smallest absolute Gasteiger partial charge is 0.248 e. The van der Waals surface area contributed by atoms with Gasteiger partial charge in [-0.2, -0.15) is 5.26 Å². The van der Waals surface area contributed by atoms with Gasteiger partial charge in [-0.05, 0) is 61.4 Å². The Bertz CT molecular complexity index is 2140. The Kier molecular flexibility index (Phi) is 7.51. The monoisotopic (exact) mass is 610 g/mol.